The molecule has 0 aromatic carbocycles. The second-order valence-corrected chi connectivity index (χ2v) is 2.48. The van der Waals surface area contributed by atoms with Gasteiger partial charge < -0.3 is 9.84 Å². The van der Waals surface area contributed by atoms with Gasteiger partial charge in [-0.1, -0.05) is 0 Å². The molecule has 1 atom stereocenters. The average Bonchev–Trinajstić information content (AvgIpc) is 2.06. The Hall–Kier alpha value is -0.160. The molecule has 1 rings (SSSR count). The van der Waals surface area contributed by atoms with Gasteiger partial charge in [-0.05, 0) is 6.92 Å². The highest BCUT2D eigenvalue weighted by atomic mass is 16.7. The molecule has 0 saturated carbocycles. The van der Waals surface area contributed by atoms with Crippen molar-refractivity contribution in [3.8, 4) is 0 Å². The highest BCUT2D eigenvalue weighted by molar-refractivity contribution is 4.64. The SMILES string of the molecule is CCON1CCOC(CO)C1. The first kappa shape index (κ1) is 8.93. The number of nitrogens with zero attached hydrogens (tertiary/aromatic N) is 1. The van der Waals surface area contributed by atoms with E-state index in [0.717, 1.165) is 6.54 Å². The van der Waals surface area contributed by atoms with Crippen molar-refractivity contribution in [3.63, 3.8) is 0 Å². The van der Waals surface area contributed by atoms with E-state index in [-0.39, 0.29) is 12.7 Å². The number of rotatable bonds is 3. The Bertz CT molecular complexity index is 108. The summed E-state index contributed by atoms with van der Waals surface area (Å²) in [5, 5.41) is 10.6. The van der Waals surface area contributed by atoms with Crippen LogP contribution in [0, 0.1) is 0 Å². The Labute approximate surface area is 66.7 Å². The zero-order valence-electron chi connectivity index (χ0n) is 6.82. The minimum absolute atomic E-state index is 0.0730. The van der Waals surface area contributed by atoms with Gasteiger partial charge in [0.05, 0.1) is 32.5 Å². The van der Waals surface area contributed by atoms with E-state index in [1.165, 1.54) is 0 Å². The van der Waals surface area contributed by atoms with Gasteiger partial charge in [0.25, 0.3) is 0 Å². The van der Waals surface area contributed by atoms with E-state index in [4.69, 9.17) is 14.7 Å². The normalized spacial score (nSPS) is 27.3. The van der Waals surface area contributed by atoms with Crippen LogP contribution in [-0.4, -0.2) is 49.2 Å². The molecular weight excluding hydrogens is 146 g/mol. The van der Waals surface area contributed by atoms with E-state index in [0.29, 0.717) is 19.8 Å². The average molecular weight is 161 g/mol. The van der Waals surface area contributed by atoms with Crippen LogP contribution in [-0.2, 0) is 9.57 Å². The molecule has 1 unspecified atom stereocenters. The second-order valence-electron chi connectivity index (χ2n) is 2.48. The van der Waals surface area contributed by atoms with Crippen LogP contribution in [0.4, 0.5) is 0 Å². The molecule has 0 spiro atoms. The Morgan fingerprint density at radius 3 is 3.18 bits per heavy atom. The van der Waals surface area contributed by atoms with Crippen LogP contribution in [0.25, 0.3) is 0 Å². The van der Waals surface area contributed by atoms with Crippen molar-refractivity contribution in [3.05, 3.63) is 0 Å². The number of aliphatic hydroxyl groups is 1. The minimum Gasteiger partial charge on any atom is -0.394 e. The first-order chi connectivity index (χ1) is 5.36. The first-order valence-electron chi connectivity index (χ1n) is 3.97. The van der Waals surface area contributed by atoms with Gasteiger partial charge >= 0.3 is 0 Å². The monoisotopic (exact) mass is 161 g/mol. The molecule has 0 radical (unpaired) electrons. The minimum atomic E-state index is -0.0738. The summed E-state index contributed by atoms with van der Waals surface area (Å²) in [5.74, 6) is 0. The van der Waals surface area contributed by atoms with Gasteiger partial charge in [0.15, 0.2) is 0 Å². The van der Waals surface area contributed by atoms with E-state index >= 15 is 0 Å². The molecule has 4 heteroatoms. The van der Waals surface area contributed by atoms with E-state index in [9.17, 15) is 0 Å². The molecule has 1 saturated heterocycles. The van der Waals surface area contributed by atoms with E-state index in [2.05, 4.69) is 0 Å². The lowest BCUT2D eigenvalue weighted by atomic mass is 10.3. The fourth-order valence-electron chi connectivity index (χ4n) is 1.10. The Morgan fingerprint density at radius 2 is 2.55 bits per heavy atom. The van der Waals surface area contributed by atoms with Crippen molar-refractivity contribution in [2.75, 3.05) is 32.9 Å². The lowest BCUT2D eigenvalue weighted by molar-refractivity contribution is -0.213. The smallest absolute Gasteiger partial charge is 0.0956 e. The summed E-state index contributed by atoms with van der Waals surface area (Å²) >= 11 is 0. The summed E-state index contributed by atoms with van der Waals surface area (Å²) in [6.07, 6.45) is -0.0738. The third kappa shape index (κ3) is 2.75. The van der Waals surface area contributed by atoms with Crippen molar-refractivity contribution in [1.82, 2.24) is 5.06 Å². The van der Waals surface area contributed by atoms with Crippen LogP contribution in [0.3, 0.4) is 0 Å². The quantitative estimate of drug-likeness (QED) is 0.613. The molecule has 1 fully saturated rings. The highest BCUT2D eigenvalue weighted by Crippen LogP contribution is 2.04. The summed E-state index contributed by atoms with van der Waals surface area (Å²) in [4.78, 5) is 5.26. The van der Waals surface area contributed by atoms with E-state index in [1.807, 2.05) is 12.0 Å². The van der Waals surface area contributed by atoms with Gasteiger partial charge in [-0.25, -0.2) is 0 Å². The summed E-state index contributed by atoms with van der Waals surface area (Å²) in [5.41, 5.74) is 0. The van der Waals surface area contributed by atoms with Gasteiger partial charge in [-0.15, -0.1) is 0 Å². The van der Waals surface area contributed by atoms with Gasteiger partial charge in [0, 0.05) is 6.54 Å². The third-order valence-electron chi connectivity index (χ3n) is 1.62. The van der Waals surface area contributed by atoms with Crippen molar-refractivity contribution < 1.29 is 14.7 Å². The molecule has 1 N–H and O–H groups in total. The molecule has 1 aliphatic heterocycles. The fourth-order valence-corrected chi connectivity index (χ4v) is 1.10. The molecule has 11 heavy (non-hydrogen) atoms. The number of hydrogen-bond donors (Lipinski definition) is 1. The topological polar surface area (TPSA) is 41.9 Å². The molecule has 0 aromatic rings. The summed E-state index contributed by atoms with van der Waals surface area (Å²) in [6.45, 7) is 4.81. The molecular formula is C7H15NO3. The molecule has 0 amide bonds. The zero-order valence-corrected chi connectivity index (χ0v) is 6.82. The summed E-state index contributed by atoms with van der Waals surface area (Å²) in [6, 6.07) is 0. The van der Waals surface area contributed by atoms with Gasteiger partial charge in [-0.3, -0.25) is 4.84 Å². The maximum atomic E-state index is 8.77. The van der Waals surface area contributed by atoms with Crippen LogP contribution >= 0.6 is 0 Å². The predicted octanol–water partition coefficient (Wildman–Crippen LogP) is -0.369. The van der Waals surface area contributed by atoms with Crippen LogP contribution in [0.15, 0.2) is 0 Å². The summed E-state index contributed by atoms with van der Waals surface area (Å²) in [7, 11) is 0. The van der Waals surface area contributed by atoms with Crippen molar-refractivity contribution in [2.24, 2.45) is 0 Å². The van der Waals surface area contributed by atoms with Gasteiger partial charge in [0.1, 0.15) is 0 Å². The largest absolute Gasteiger partial charge is 0.394 e. The maximum absolute atomic E-state index is 8.77. The van der Waals surface area contributed by atoms with Crippen LogP contribution in [0.2, 0.25) is 0 Å². The number of morpholine rings is 1. The lowest BCUT2D eigenvalue weighted by Gasteiger charge is -2.30. The van der Waals surface area contributed by atoms with E-state index < -0.39 is 0 Å². The number of aliphatic hydroxyl groups excluding tert-OH is 1. The van der Waals surface area contributed by atoms with Crippen molar-refractivity contribution in [1.29, 1.82) is 0 Å². The van der Waals surface area contributed by atoms with Crippen LogP contribution in [0.5, 0.6) is 0 Å². The zero-order chi connectivity index (χ0) is 8.10. The predicted molar refractivity (Wildman–Crippen MR) is 40.0 cm³/mol. The Morgan fingerprint density at radius 1 is 1.73 bits per heavy atom. The molecule has 4 nitrogen and oxygen atoms in total. The third-order valence-corrected chi connectivity index (χ3v) is 1.62. The molecule has 66 valence electrons. The molecule has 1 aliphatic rings. The number of ether oxygens (including phenoxy) is 1. The number of hydrogen-bond acceptors (Lipinski definition) is 4. The standard InChI is InChI=1S/C7H15NO3/c1-2-11-8-3-4-10-7(5-8)6-9/h7,9H,2-6H2,1H3. The van der Waals surface area contributed by atoms with E-state index in [1.54, 1.807) is 0 Å². The summed E-state index contributed by atoms with van der Waals surface area (Å²) < 4.78 is 5.23. The molecule has 0 aromatic heterocycles. The van der Waals surface area contributed by atoms with Gasteiger partial charge in [-0.2, -0.15) is 5.06 Å². The molecule has 0 aliphatic carbocycles. The van der Waals surface area contributed by atoms with Crippen LogP contribution < -0.4 is 0 Å². The highest BCUT2D eigenvalue weighted by Gasteiger charge is 2.19. The maximum Gasteiger partial charge on any atom is 0.0956 e. The molecule has 0 bridgehead atoms. The Kier molecular flexibility index (Phi) is 3.79. The lowest BCUT2D eigenvalue weighted by Crippen LogP contribution is -2.43. The fraction of sp³-hybridized carbons (Fsp3) is 1.00. The van der Waals surface area contributed by atoms with Crippen molar-refractivity contribution >= 4 is 0 Å². The van der Waals surface area contributed by atoms with Crippen molar-refractivity contribution in [2.45, 2.75) is 13.0 Å². The van der Waals surface area contributed by atoms with Gasteiger partial charge in [0.2, 0.25) is 0 Å². The van der Waals surface area contributed by atoms with Crippen LogP contribution in [0.1, 0.15) is 6.92 Å². The Balaban J connectivity index is 2.21. The molecule has 1 heterocycles. The second kappa shape index (κ2) is 4.66. The first-order valence-corrected chi connectivity index (χ1v) is 3.97. The number of hydroxylamine groups is 2.